The van der Waals surface area contributed by atoms with Crippen LogP contribution in [-0.2, 0) is 54.3 Å². The Balaban J connectivity index is 0.000000321. The predicted molar refractivity (Wildman–Crippen MR) is 264 cm³/mol. The van der Waals surface area contributed by atoms with E-state index in [0.29, 0.717) is 11.8 Å². The fourth-order valence-electron chi connectivity index (χ4n) is 9.82. The molecule has 0 nitrogen and oxygen atoms in total. The first kappa shape index (κ1) is 52.8. The molecular weight excluding hydrogens is 895 g/mol. The Morgan fingerprint density at radius 3 is 1.48 bits per heavy atom. The van der Waals surface area contributed by atoms with Gasteiger partial charge in [0.2, 0.25) is 0 Å². The van der Waals surface area contributed by atoms with Crippen LogP contribution in [0.1, 0.15) is 141 Å². The monoisotopic (exact) mass is 960 g/mol. The molecule has 0 aromatic heterocycles. The van der Waals surface area contributed by atoms with Gasteiger partial charge >= 0.3 is 112 Å². The fraction of sp³-hybridized carbons (Fsp3) is 0.328. The van der Waals surface area contributed by atoms with Crippen LogP contribution in [0.4, 0.5) is 0 Å². The first-order valence-electron chi connectivity index (χ1n) is 23.1. The summed E-state index contributed by atoms with van der Waals surface area (Å²) in [7, 11) is 0. The van der Waals surface area contributed by atoms with E-state index in [4.69, 9.17) is 0 Å². The van der Waals surface area contributed by atoms with E-state index in [-0.39, 0.29) is 35.6 Å². The quantitative estimate of drug-likeness (QED) is 0.0954. The van der Waals surface area contributed by atoms with Crippen molar-refractivity contribution in [2.24, 2.45) is 0 Å². The third kappa shape index (κ3) is 13.4. The molecule has 6 aromatic rings. The second kappa shape index (κ2) is 25.2. The molecule has 0 bridgehead atoms. The van der Waals surface area contributed by atoms with Crippen LogP contribution in [0.5, 0.6) is 0 Å². The molecule has 8 rings (SSSR count). The summed E-state index contributed by atoms with van der Waals surface area (Å²) < 4.78 is 1.60. The Morgan fingerprint density at radius 1 is 0.609 bits per heavy atom. The molecule has 0 heterocycles. The molecular formula is C61H68Cl2Zr-2. The van der Waals surface area contributed by atoms with E-state index in [0.717, 1.165) is 25.7 Å². The van der Waals surface area contributed by atoms with Crippen molar-refractivity contribution in [2.45, 2.75) is 129 Å². The van der Waals surface area contributed by atoms with Crippen molar-refractivity contribution in [3.63, 3.8) is 0 Å². The van der Waals surface area contributed by atoms with Gasteiger partial charge in [-0.05, 0) is 64.3 Å². The third-order valence-corrected chi connectivity index (χ3v) is 14.2. The average molecular weight is 963 g/mol. The Kier molecular flexibility index (Phi) is 20.7. The van der Waals surface area contributed by atoms with Gasteiger partial charge in [-0.3, -0.25) is 6.08 Å². The van der Waals surface area contributed by atoms with Gasteiger partial charge in [0.25, 0.3) is 0 Å². The van der Waals surface area contributed by atoms with E-state index in [1.54, 1.807) is 27.4 Å². The van der Waals surface area contributed by atoms with Crippen LogP contribution in [0.25, 0.3) is 11.1 Å². The molecule has 3 heteroatoms. The number of allylic oxidation sites excluding steroid dienone is 4. The summed E-state index contributed by atoms with van der Waals surface area (Å²) in [5.41, 5.74) is 17.2. The number of benzene rings is 6. The van der Waals surface area contributed by atoms with Crippen molar-refractivity contribution in [2.75, 3.05) is 0 Å². The van der Waals surface area contributed by atoms with Crippen LogP contribution < -0.4 is 24.8 Å². The molecule has 0 saturated heterocycles. The van der Waals surface area contributed by atoms with Gasteiger partial charge in [-0.15, -0.1) is 23.1 Å². The van der Waals surface area contributed by atoms with Crippen molar-refractivity contribution in [3.05, 3.63) is 226 Å². The maximum atomic E-state index is 3.92. The Labute approximate surface area is 415 Å². The second-order valence-electron chi connectivity index (χ2n) is 18.6. The van der Waals surface area contributed by atoms with E-state index in [2.05, 4.69) is 213 Å². The molecule has 64 heavy (non-hydrogen) atoms. The number of aryl methyl sites for hydroxylation is 2. The molecule has 332 valence electrons. The van der Waals surface area contributed by atoms with E-state index < -0.39 is 0 Å². The molecule has 2 atom stereocenters. The van der Waals surface area contributed by atoms with Gasteiger partial charge in [-0.2, -0.15) is 23.8 Å². The van der Waals surface area contributed by atoms with Crippen molar-refractivity contribution >= 4 is 3.21 Å². The van der Waals surface area contributed by atoms with Crippen molar-refractivity contribution in [3.8, 4) is 11.1 Å². The summed E-state index contributed by atoms with van der Waals surface area (Å²) in [5.74, 6) is 0.901. The van der Waals surface area contributed by atoms with E-state index >= 15 is 0 Å². The van der Waals surface area contributed by atoms with Crippen LogP contribution in [0.15, 0.2) is 158 Å². The third-order valence-electron chi connectivity index (χ3n) is 13.3. The summed E-state index contributed by atoms with van der Waals surface area (Å²) in [6.07, 6.45) is 17.9. The van der Waals surface area contributed by atoms with Crippen LogP contribution >= 0.6 is 0 Å². The fourth-order valence-corrected chi connectivity index (χ4v) is 10.8. The summed E-state index contributed by atoms with van der Waals surface area (Å²) in [6.45, 7) is 19.0. The average Bonchev–Trinajstić information content (AvgIpc) is 3.98. The summed E-state index contributed by atoms with van der Waals surface area (Å²) in [6, 6.07) is 55.2. The van der Waals surface area contributed by atoms with Crippen molar-refractivity contribution in [1.82, 2.24) is 0 Å². The van der Waals surface area contributed by atoms with Gasteiger partial charge in [0, 0.05) is 0 Å². The van der Waals surface area contributed by atoms with Gasteiger partial charge in [-0.25, -0.2) is 12.2 Å². The Bertz CT molecular complexity index is 2240. The zero-order valence-corrected chi connectivity index (χ0v) is 43.5. The molecule has 0 amide bonds. The minimum atomic E-state index is 0. The van der Waals surface area contributed by atoms with Crippen LogP contribution in [0.2, 0.25) is 0 Å². The van der Waals surface area contributed by atoms with Crippen LogP contribution in [0, 0.1) is 26.0 Å². The van der Waals surface area contributed by atoms with E-state index in [9.17, 15) is 0 Å². The molecule has 6 aromatic carbocycles. The maximum absolute atomic E-state index is 3.92. The van der Waals surface area contributed by atoms with Gasteiger partial charge in [0.05, 0.1) is 0 Å². The van der Waals surface area contributed by atoms with Crippen molar-refractivity contribution < 1.29 is 49.0 Å². The molecule has 2 aliphatic carbocycles. The summed E-state index contributed by atoms with van der Waals surface area (Å²) >= 11 is 1.55. The molecule has 0 aliphatic heterocycles. The molecule has 0 saturated carbocycles. The first-order valence-corrected chi connectivity index (χ1v) is 24.3. The van der Waals surface area contributed by atoms with Crippen molar-refractivity contribution in [1.29, 1.82) is 0 Å². The molecule has 0 N–H and O–H groups in total. The molecule has 2 aliphatic rings. The number of rotatable bonds is 14. The summed E-state index contributed by atoms with van der Waals surface area (Å²) in [4.78, 5) is 0. The van der Waals surface area contributed by atoms with Gasteiger partial charge in [-0.1, -0.05) is 152 Å². The zero-order valence-electron chi connectivity index (χ0n) is 39.6. The number of halogens is 2. The molecule has 2 unspecified atom stereocenters. The van der Waals surface area contributed by atoms with Gasteiger partial charge in [0.1, 0.15) is 0 Å². The van der Waals surface area contributed by atoms with E-state index in [1.165, 1.54) is 92.4 Å². The standard InChI is InChI=1S/C41H49.C15H14.C5H5.2ClH.Zr/c1-9-17-38(40(5,6)32-19-13-11-14-20-32)34-26-36-30(23-28(34)3)25-31-24-29(4)35(27-37(31)36)39(18-10-2)41(7,8)33-21-15-12-16-22-33;1-3-8-14(9-4-1)12-7-13-15-10-5-2-6-11-15;1-2-4-5-3-1;;;/h11-16,19-23,26-27,38-39H,9-10,17-18,25H2,1-8H3;1-6,8-11H,12-13H2;1-3H,4H2;2*1H;/q-1;;-1;;;+2/p-2. The zero-order chi connectivity index (χ0) is 44.1. The minimum absolute atomic E-state index is 0. The van der Waals surface area contributed by atoms with Crippen LogP contribution in [-0.4, -0.2) is 3.21 Å². The van der Waals surface area contributed by atoms with Crippen LogP contribution in [0.3, 0.4) is 0 Å². The van der Waals surface area contributed by atoms with Gasteiger partial charge in [0.15, 0.2) is 0 Å². The van der Waals surface area contributed by atoms with Gasteiger partial charge < -0.3 is 24.8 Å². The molecule has 0 spiro atoms. The summed E-state index contributed by atoms with van der Waals surface area (Å²) in [5, 5.41) is 0. The second-order valence-corrected chi connectivity index (χ2v) is 20.3. The topological polar surface area (TPSA) is 0 Å². The van der Waals surface area contributed by atoms with E-state index in [1.807, 2.05) is 12.2 Å². The Morgan fingerprint density at radius 2 is 1.06 bits per heavy atom. The number of hydrogen-bond donors (Lipinski definition) is 0. The SMILES string of the molecule is CCCC(c1cc2c([c-]c1C)Cc1cc(C)c(C(CCC)C(C)(C)c3ccccc3)cc1-2)C(C)(C)c1ccccc1.[C-]1=CC=CC1.[Cl-].[Cl-].[Zr+2]=[C](Cc1ccccc1)Cc1ccccc1. The first-order chi connectivity index (χ1) is 29.9. The number of hydrogen-bond acceptors (Lipinski definition) is 0. The molecule has 0 radical (unpaired) electrons. The normalized spacial score (nSPS) is 13.2. The Hall–Kier alpha value is -3.87. The predicted octanol–water partition coefficient (Wildman–Crippen LogP) is 9.90. The number of fused-ring (bicyclic) bond motifs is 3. The molecule has 0 fully saturated rings.